The highest BCUT2D eigenvalue weighted by molar-refractivity contribution is 7.47. The molecule has 0 aromatic rings. The van der Waals surface area contributed by atoms with Gasteiger partial charge < -0.3 is 19.8 Å². The van der Waals surface area contributed by atoms with Gasteiger partial charge in [-0.2, -0.15) is 0 Å². The number of aliphatic hydroxyl groups is 1. The summed E-state index contributed by atoms with van der Waals surface area (Å²) in [5.41, 5.74) is 0. The highest BCUT2D eigenvalue weighted by Gasteiger charge is 2.28. The maximum Gasteiger partial charge on any atom is 0.472 e. The monoisotopic (exact) mass is 1170 g/mol. The second-order valence-corrected chi connectivity index (χ2v) is 26.0. The van der Waals surface area contributed by atoms with Gasteiger partial charge in [-0.1, -0.05) is 310 Å². The van der Waals surface area contributed by atoms with E-state index in [1.54, 1.807) is 6.08 Å². The van der Waals surface area contributed by atoms with Crippen molar-refractivity contribution in [3.8, 4) is 0 Å². The van der Waals surface area contributed by atoms with Crippen LogP contribution < -0.4 is 5.32 Å². The number of carbonyl (C=O) groups excluding carboxylic acids is 1. The quantitative estimate of drug-likeness (QED) is 0.0243. The Morgan fingerprint density at radius 3 is 1.12 bits per heavy atom. The first-order chi connectivity index (χ1) is 40.0. The minimum Gasteiger partial charge on any atom is -0.387 e. The summed E-state index contributed by atoms with van der Waals surface area (Å²) in [5.74, 6) is -0.191. The maximum absolute atomic E-state index is 13.0. The van der Waals surface area contributed by atoms with Gasteiger partial charge in [0.25, 0.3) is 0 Å². The molecule has 0 aromatic heterocycles. The minimum atomic E-state index is -4.37. The molecule has 0 aliphatic carbocycles. The number of phosphoric ester groups is 1. The van der Waals surface area contributed by atoms with Crippen molar-refractivity contribution >= 4 is 13.7 Å². The smallest absolute Gasteiger partial charge is 0.387 e. The van der Waals surface area contributed by atoms with E-state index >= 15 is 0 Å². The van der Waals surface area contributed by atoms with Crippen molar-refractivity contribution in [2.24, 2.45) is 0 Å². The SMILES string of the molecule is CC/C=C\C/C=C\C/C=C\C/C=C\C/C=C\CCCCCCCCCCCCCCCCCC(=O)NC(COP(=O)(O)OCC[N+](C)(C)C)C(O)/C=C/CC/C=C/CC/C=C/CCCCCCCCCCCCCCCCCCCCC. The summed E-state index contributed by atoms with van der Waals surface area (Å²) in [7, 11) is 1.55. The Kier molecular flexibility index (Phi) is 61.0. The molecule has 0 saturated carbocycles. The Balaban J connectivity index is 4.15. The Morgan fingerprint density at radius 2 is 0.744 bits per heavy atom. The van der Waals surface area contributed by atoms with Crippen LogP contribution in [-0.2, 0) is 18.4 Å². The average Bonchev–Trinajstić information content (AvgIpc) is 3.47. The van der Waals surface area contributed by atoms with Gasteiger partial charge in [0.2, 0.25) is 5.91 Å². The first-order valence-corrected chi connectivity index (χ1v) is 36.1. The summed E-state index contributed by atoms with van der Waals surface area (Å²) in [5, 5.41) is 14.0. The number of phosphoric acid groups is 1. The second kappa shape index (κ2) is 62.9. The molecular weight excluding hydrogens is 1030 g/mol. The Bertz CT molecular complexity index is 1660. The molecule has 0 heterocycles. The number of nitrogens with one attached hydrogen (secondary N) is 1. The number of hydrogen-bond donors (Lipinski definition) is 3. The topological polar surface area (TPSA) is 105 Å². The molecule has 0 saturated heterocycles. The predicted octanol–water partition coefficient (Wildman–Crippen LogP) is 22.1. The number of rotatable bonds is 63. The molecule has 3 N–H and O–H groups in total. The average molecular weight is 1170 g/mol. The van der Waals surface area contributed by atoms with Gasteiger partial charge in [-0.05, 0) is 89.9 Å². The molecule has 8 nitrogen and oxygen atoms in total. The second-order valence-electron chi connectivity index (χ2n) is 24.5. The van der Waals surface area contributed by atoms with E-state index in [2.05, 4.69) is 104 Å². The van der Waals surface area contributed by atoms with E-state index in [1.807, 2.05) is 27.2 Å². The molecule has 0 bridgehead atoms. The van der Waals surface area contributed by atoms with E-state index in [1.165, 1.54) is 212 Å². The molecule has 0 fully saturated rings. The normalized spacial score (nSPS) is 14.3. The molecule has 0 rings (SSSR count). The molecule has 0 aromatic carbocycles. The van der Waals surface area contributed by atoms with Gasteiger partial charge in [-0.15, -0.1) is 0 Å². The van der Waals surface area contributed by atoms with Gasteiger partial charge in [0.15, 0.2) is 0 Å². The van der Waals surface area contributed by atoms with Crippen LogP contribution in [0.25, 0.3) is 0 Å². The fourth-order valence-corrected chi connectivity index (χ4v) is 10.7. The van der Waals surface area contributed by atoms with Crippen LogP contribution in [0.1, 0.15) is 309 Å². The van der Waals surface area contributed by atoms with Crippen LogP contribution in [0, 0.1) is 0 Å². The first-order valence-electron chi connectivity index (χ1n) is 34.6. The van der Waals surface area contributed by atoms with Crippen LogP contribution in [0.4, 0.5) is 0 Å². The van der Waals surface area contributed by atoms with Crippen molar-refractivity contribution in [2.45, 2.75) is 321 Å². The standard InChI is InChI=1S/C73H133N2O6P/c1-6-8-10-12-14-16-18-20-22-24-26-28-30-32-34-36-37-39-41-43-45-47-49-51-53-55-57-59-61-63-65-67-73(77)74-71(70-81-82(78,79)80-69-68-75(3,4)5)72(76)66-64-62-60-58-56-54-52-50-48-46-44-42-40-38-35-33-31-29-27-25-23-21-19-17-15-13-11-9-7-2/h8,10,14,16,20,22,26,28,32,34,48,50,56,58,64,66,71-72,76H,6-7,9,11-13,15,17-19,21,23-25,27,29-31,33,35-47,49,51-55,57,59-63,65,67-70H2,1-5H3,(H-,74,77,78,79)/p+1/b10-8-,16-14-,22-20-,28-26-,34-32-,50-48+,58-56+,66-64+. The van der Waals surface area contributed by atoms with Gasteiger partial charge >= 0.3 is 7.82 Å². The highest BCUT2D eigenvalue weighted by atomic mass is 31.2. The van der Waals surface area contributed by atoms with Crippen LogP contribution >= 0.6 is 7.82 Å². The number of amides is 1. The van der Waals surface area contributed by atoms with E-state index in [-0.39, 0.29) is 19.1 Å². The number of aliphatic hydroxyl groups excluding tert-OH is 1. The lowest BCUT2D eigenvalue weighted by molar-refractivity contribution is -0.870. The molecule has 0 radical (unpaired) electrons. The molecule has 1 amide bonds. The number of allylic oxidation sites excluding steroid dienone is 15. The zero-order valence-corrected chi connectivity index (χ0v) is 55.4. The fourth-order valence-electron chi connectivity index (χ4n) is 9.93. The van der Waals surface area contributed by atoms with Crippen LogP contribution in [0.2, 0.25) is 0 Å². The van der Waals surface area contributed by atoms with Crippen molar-refractivity contribution in [1.29, 1.82) is 0 Å². The number of carbonyl (C=O) groups is 1. The molecule has 0 aliphatic rings. The lowest BCUT2D eigenvalue weighted by atomic mass is 10.0. The van der Waals surface area contributed by atoms with Gasteiger partial charge in [0.05, 0.1) is 39.9 Å². The lowest BCUT2D eigenvalue weighted by Crippen LogP contribution is -2.45. The zero-order valence-electron chi connectivity index (χ0n) is 54.5. The van der Waals surface area contributed by atoms with Crippen molar-refractivity contribution < 1.29 is 32.9 Å². The molecule has 82 heavy (non-hydrogen) atoms. The zero-order chi connectivity index (χ0) is 59.8. The summed E-state index contributed by atoms with van der Waals surface area (Å²) in [6.07, 6.45) is 91.3. The molecular formula is C73H134N2O6P+. The third-order valence-electron chi connectivity index (χ3n) is 15.3. The minimum absolute atomic E-state index is 0.0505. The Morgan fingerprint density at radius 1 is 0.427 bits per heavy atom. The Labute approximate surface area is 509 Å². The molecule has 9 heteroatoms. The molecule has 476 valence electrons. The number of likely N-dealkylation sites (N-methyl/N-ethyl adjacent to an activating group) is 1. The summed E-state index contributed by atoms with van der Waals surface area (Å²) < 4.78 is 23.8. The first kappa shape index (κ1) is 79.4. The van der Waals surface area contributed by atoms with E-state index in [0.29, 0.717) is 17.4 Å². The van der Waals surface area contributed by atoms with Crippen molar-refractivity contribution in [1.82, 2.24) is 5.32 Å². The van der Waals surface area contributed by atoms with E-state index in [4.69, 9.17) is 9.05 Å². The number of quaternary nitrogens is 1. The van der Waals surface area contributed by atoms with E-state index < -0.39 is 20.0 Å². The fraction of sp³-hybridized carbons (Fsp3) is 0.767. The summed E-state index contributed by atoms with van der Waals surface area (Å²) in [6, 6.07) is -0.877. The van der Waals surface area contributed by atoms with Crippen LogP contribution in [0.15, 0.2) is 97.2 Å². The summed E-state index contributed by atoms with van der Waals surface area (Å²) in [6.45, 7) is 4.70. The molecule has 0 aliphatic heterocycles. The number of nitrogens with zero attached hydrogens (tertiary/aromatic N) is 1. The van der Waals surface area contributed by atoms with Crippen molar-refractivity contribution in [3.05, 3.63) is 97.2 Å². The predicted molar refractivity (Wildman–Crippen MR) is 359 cm³/mol. The van der Waals surface area contributed by atoms with Crippen molar-refractivity contribution in [3.63, 3.8) is 0 Å². The summed E-state index contributed by atoms with van der Waals surface area (Å²) >= 11 is 0. The highest BCUT2D eigenvalue weighted by Crippen LogP contribution is 2.43. The van der Waals surface area contributed by atoms with E-state index in [9.17, 15) is 19.4 Å². The van der Waals surface area contributed by atoms with Gasteiger partial charge in [0, 0.05) is 6.42 Å². The molecule has 0 spiro atoms. The molecule has 3 atom stereocenters. The van der Waals surface area contributed by atoms with Crippen LogP contribution in [-0.4, -0.2) is 73.4 Å². The van der Waals surface area contributed by atoms with E-state index in [0.717, 1.165) is 77.0 Å². The third-order valence-corrected chi connectivity index (χ3v) is 16.2. The largest absolute Gasteiger partial charge is 0.472 e. The maximum atomic E-state index is 13.0. The van der Waals surface area contributed by atoms with Gasteiger partial charge in [0.1, 0.15) is 13.2 Å². The van der Waals surface area contributed by atoms with Gasteiger partial charge in [-0.3, -0.25) is 13.8 Å². The number of unbranched alkanes of at least 4 members (excludes halogenated alkanes) is 36. The third kappa shape index (κ3) is 65.0. The van der Waals surface area contributed by atoms with Crippen LogP contribution in [0.3, 0.4) is 0 Å². The van der Waals surface area contributed by atoms with Crippen molar-refractivity contribution in [2.75, 3.05) is 40.9 Å². The molecule has 3 unspecified atom stereocenters. The Hall–Kier alpha value is -2.58. The van der Waals surface area contributed by atoms with Crippen LogP contribution in [0.5, 0.6) is 0 Å². The van der Waals surface area contributed by atoms with Gasteiger partial charge in [-0.25, -0.2) is 4.57 Å². The summed E-state index contributed by atoms with van der Waals surface area (Å²) in [4.78, 5) is 23.4. The lowest BCUT2D eigenvalue weighted by Gasteiger charge is -2.25. The number of hydrogen-bond acceptors (Lipinski definition) is 5.